The highest BCUT2D eigenvalue weighted by atomic mass is 16.1. The van der Waals surface area contributed by atoms with Crippen LogP contribution in [0.15, 0.2) is 18.2 Å². The summed E-state index contributed by atoms with van der Waals surface area (Å²) >= 11 is 0. The van der Waals surface area contributed by atoms with Crippen LogP contribution in [0, 0.1) is 13.8 Å². The maximum Gasteiger partial charge on any atom is 0.234 e. The van der Waals surface area contributed by atoms with Gasteiger partial charge in [0.1, 0.15) is 0 Å². The number of carbonyl (C=O) groups is 1. The number of nitrogens with zero attached hydrogens (tertiary/aromatic N) is 1. The molecule has 1 amide bonds. The number of carbonyl (C=O) groups excluding carboxylic acids is 1. The SMILES string of the molecule is CNCC(=O)NCCN(C)c1cc(C)cc(C)c1. The van der Waals surface area contributed by atoms with Gasteiger partial charge in [-0.25, -0.2) is 0 Å². The zero-order chi connectivity index (χ0) is 13.5. The third kappa shape index (κ3) is 4.75. The molecule has 0 aliphatic rings. The van der Waals surface area contributed by atoms with Crippen molar-refractivity contribution in [1.82, 2.24) is 10.6 Å². The summed E-state index contributed by atoms with van der Waals surface area (Å²) in [5.41, 5.74) is 3.71. The molecule has 0 aliphatic carbocycles. The van der Waals surface area contributed by atoms with Gasteiger partial charge in [0, 0.05) is 25.8 Å². The van der Waals surface area contributed by atoms with Gasteiger partial charge >= 0.3 is 0 Å². The van der Waals surface area contributed by atoms with E-state index in [1.165, 1.54) is 16.8 Å². The molecule has 0 aromatic heterocycles. The van der Waals surface area contributed by atoms with Crippen LogP contribution in [-0.4, -0.2) is 39.6 Å². The summed E-state index contributed by atoms with van der Waals surface area (Å²) in [6.45, 7) is 6.02. The number of hydrogen-bond acceptors (Lipinski definition) is 3. The highest BCUT2D eigenvalue weighted by Crippen LogP contribution is 2.16. The lowest BCUT2D eigenvalue weighted by Crippen LogP contribution is -2.37. The summed E-state index contributed by atoms with van der Waals surface area (Å²) in [7, 11) is 3.81. The fourth-order valence-electron chi connectivity index (χ4n) is 1.89. The molecule has 100 valence electrons. The first-order valence-electron chi connectivity index (χ1n) is 6.23. The second-order valence-corrected chi connectivity index (χ2v) is 4.65. The molecule has 0 aliphatic heterocycles. The predicted molar refractivity (Wildman–Crippen MR) is 76.1 cm³/mol. The van der Waals surface area contributed by atoms with Gasteiger partial charge in [-0.3, -0.25) is 4.79 Å². The van der Waals surface area contributed by atoms with Crippen LogP contribution in [0.1, 0.15) is 11.1 Å². The molecule has 0 heterocycles. The van der Waals surface area contributed by atoms with E-state index in [1.54, 1.807) is 7.05 Å². The molecule has 0 radical (unpaired) electrons. The van der Waals surface area contributed by atoms with Crippen molar-refractivity contribution in [1.29, 1.82) is 0 Å². The van der Waals surface area contributed by atoms with Crippen LogP contribution in [0.2, 0.25) is 0 Å². The fraction of sp³-hybridized carbons (Fsp3) is 0.500. The van der Waals surface area contributed by atoms with E-state index < -0.39 is 0 Å². The minimum atomic E-state index is 0.0336. The number of benzene rings is 1. The zero-order valence-electron chi connectivity index (χ0n) is 11.7. The monoisotopic (exact) mass is 249 g/mol. The van der Waals surface area contributed by atoms with Gasteiger partial charge in [0.15, 0.2) is 0 Å². The van der Waals surface area contributed by atoms with Crippen molar-refractivity contribution in [2.45, 2.75) is 13.8 Å². The number of likely N-dealkylation sites (N-methyl/N-ethyl adjacent to an activating group) is 2. The van der Waals surface area contributed by atoms with Crippen molar-refractivity contribution < 1.29 is 4.79 Å². The molecule has 1 aromatic carbocycles. The summed E-state index contributed by atoms with van der Waals surface area (Å²) in [5, 5.41) is 5.70. The van der Waals surface area contributed by atoms with Crippen LogP contribution < -0.4 is 15.5 Å². The van der Waals surface area contributed by atoms with Crippen LogP contribution in [-0.2, 0) is 4.79 Å². The number of nitrogens with one attached hydrogen (secondary N) is 2. The average molecular weight is 249 g/mol. The summed E-state index contributed by atoms with van der Waals surface area (Å²) in [4.78, 5) is 13.4. The molecule has 0 spiro atoms. The number of hydrogen-bond donors (Lipinski definition) is 2. The Morgan fingerprint density at radius 3 is 2.39 bits per heavy atom. The minimum Gasteiger partial charge on any atom is -0.373 e. The van der Waals surface area contributed by atoms with E-state index in [9.17, 15) is 4.79 Å². The van der Waals surface area contributed by atoms with Crippen LogP contribution in [0.5, 0.6) is 0 Å². The van der Waals surface area contributed by atoms with E-state index >= 15 is 0 Å². The standard InChI is InChI=1S/C14H23N3O/c1-11-7-12(2)9-13(8-11)17(4)6-5-16-14(18)10-15-3/h7-9,15H,5-6,10H2,1-4H3,(H,16,18). The quantitative estimate of drug-likeness (QED) is 0.793. The molecule has 0 unspecified atom stereocenters. The second kappa shape index (κ2) is 7.01. The van der Waals surface area contributed by atoms with Crippen molar-refractivity contribution in [3.63, 3.8) is 0 Å². The van der Waals surface area contributed by atoms with Crippen LogP contribution in [0.4, 0.5) is 5.69 Å². The number of anilines is 1. The highest BCUT2D eigenvalue weighted by Gasteiger charge is 2.03. The largest absolute Gasteiger partial charge is 0.373 e. The smallest absolute Gasteiger partial charge is 0.234 e. The summed E-state index contributed by atoms with van der Waals surface area (Å²) in [6.07, 6.45) is 0. The Hall–Kier alpha value is -1.55. The lowest BCUT2D eigenvalue weighted by molar-refractivity contribution is -0.120. The van der Waals surface area contributed by atoms with E-state index in [-0.39, 0.29) is 5.91 Å². The molecule has 4 nitrogen and oxygen atoms in total. The van der Waals surface area contributed by atoms with Gasteiger partial charge in [-0.2, -0.15) is 0 Å². The molecular weight excluding hydrogens is 226 g/mol. The van der Waals surface area contributed by atoms with Crippen LogP contribution in [0.25, 0.3) is 0 Å². The lowest BCUT2D eigenvalue weighted by Gasteiger charge is -2.20. The number of aryl methyl sites for hydroxylation is 2. The van der Waals surface area contributed by atoms with Gasteiger partial charge < -0.3 is 15.5 Å². The first-order valence-corrected chi connectivity index (χ1v) is 6.23. The average Bonchev–Trinajstić information content (AvgIpc) is 2.27. The molecule has 1 rings (SSSR count). The topological polar surface area (TPSA) is 44.4 Å². The Morgan fingerprint density at radius 1 is 1.22 bits per heavy atom. The maximum atomic E-state index is 11.3. The van der Waals surface area contributed by atoms with E-state index in [0.717, 1.165) is 6.54 Å². The Morgan fingerprint density at radius 2 is 1.83 bits per heavy atom. The molecule has 18 heavy (non-hydrogen) atoms. The van der Waals surface area contributed by atoms with Crippen molar-refractivity contribution in [3.05, 3.63) is 29.3 Å². The number of amides is 1. The summed E-state index contributed by atoms with van der Waals surface area (Å²) in [6, 6.07) is 6.47. The highest BCUT2D eigenvalue weighted by molar-refractivity contribution is 5.77. The fourth-order valence-corrected chi connectivity index (χ4v) is 1.89. The first kappa shape index (κ1) is 14.5. The maximum absolute atomic E-state index is 11.3. The van der Waals surface area contributed by atoms with Gasteiger partial charge in [0.2, 0.25) is 5.91 Å². The Bertz CT molecular complexity index is 384. The predicted octanol–water partition coefficient (Wildman–Crippen LogP) is 1.08. The zero-order valence-corrected chi connectivity index (χ0v) is 11.7. The summed E-state index contributed by atoms with van der Waals surface area (Å²) in [5.74, 6) is 0.0336. The van der Waals surface area contributed by atoms with Crippen molar-refractivity contribution >= 4 is 11.6 Å². The number of rotatable bonds is 6. The third-order valence-corrected chi connectivity index (χ3v) is 2.75. The second-order valence-electron chi connectivity index (χ2n) is 4.65. The minimum absolute atomic E-state index is 0.0336. The lowest BCUT2D eigenvalue weighted by atomic mass is 10.1. The van der Waals surface area contributed by atoms with E-state index in [0.29, 0.717) is 13.1 Å². The Balaban J connectivity index is 2.45. The van der Waals surface area contributed by atoms with Gasteiger partial charge in [0.25, 0.3) is 0 Å². The molecule has 1 aromatic rings. The van der Waals surface area contributed by atoms with Crippen molar-refractivity contribution in [2.24, 2.45) is 0 Å². The Labute approximate surface area is 109 Å². The van der Waals surface area contributed by atoms with Crippen molar-refractivity contribution in [2.75, 3.05) is 38.6 Å². The van der Waals surface area contributed by atoms with Gasteiger partial charge in [-0.15, -0.1) is 0 Å². The summed E-state index contributed by atoms with van der Waals surface area (Å²) < 4.78 is 0. The normalized spacial score (nSPS) is 10.2. The van der Waals surface area contributed by atoms with Gasteiger partial charge in [0.05, 0.1) is 6.54 Å². The molecule has 0 fully saturated rings. The van der Waals surface area contributed by atoms with Crippen LogP contribution >= 0.6 is 0 Å². The molecule has 0 bridgehead atoms. The Kier molecular flexibility index (Phi) is 5.65. The molecule has 0 atom stereocenters. The molecule has 2 N–H and O–H groups in total. The molecule has 0 saturated heterocycles. The van der Waals surface area contributed by atoms with E-state index in [1.807, 2.05) is 7.05 Å². The molecular formula is C14H23N3O. The van der Waals surface area contributed by atoms with E-state index in [2.05, 4.69) is 47.6 Å². The van der Waals surface area contributed by atoms with Gasteiger partial charge in [-0.05, 0) is 44.2 Å². The first-order chi connectivity index (χ1) is 8.52. The van der Waals surface area contributed by atoms with Gasteiger partial charge in [-0.1, -0.05) is 6.07 Å². The molecule has 0 saturated carbocycles. The van der Waals surface area contributed by atoms with Crippen LogP contribution in [0.3, 0.4) is 0 Å². The third-order valence-electron chi connectivity index (χ3n) is 2.75. The molecule has 4 heteroatoms. The van der Waals surface area contributed by atoms with E-state index in [4.69, 9.17) is 0 Å². The van der Waals surface area contributed by atoms with Crippen molar-refractivity contribution in [3.8, 4) is 0 Å².